The Bertz CT molecular complexity index is 831. The summed E-state index contributed by atoms with van der Waals surface area (Å²) < 4.78 is 61.1. The van der Waals surface area contributed by atoms with Crippen LogP contribution in [0.3, 0.4) is 0 Å². The molecule has 11 heteroatoms. The van der Waals surface area contributed by atoms with Crippen LogP contribution in [0, 0.1) is 11.3 Å². The van der Waals surface area contributed by atoms with Gasteiger partial charge in [0.2, 0.25) is 5.91 Å². The fourth-order valence-corrected chi connectivity index (χ4v) is 2.75. The number of hydrogen-bond donors (Lipinski definition) is 2. The molecule has 0 radical (unpaired) electrons. The van der Waals surface area contributed by atoms with Crippen molar-refractivity contribution in [3.63, 3.8) is 0 Å². The Morgan fingerprint density at radius 1 is 1.27 bits per heavy atom. The molecule has 0 saturated heterocycles. The lowest BCUT2D eigenvalue weighted by Gasteiger charge is -2.19. The summed E-state index contributed by atoms with van der Waals surface area (Å²) in [6.45, 7) is 1.34. The van der Waals surface area contributed by atoms with Gasteiger partial charge in [0.15, 0.2) is 0 Å². The van der Waals surface area contributed by atoms with E-state index in [-0.39, 0.29) is 5.56 Å². The second-order valence-electron chi connectivity index (χ2n) is 5.56. The number of hydrogen-bond acceptors (Lipinski definition) is 5. The van der Waals surface area contributed by atoms with Gasteiger partial charge in [-0.3, -0.25) is 9.59 Å². The second kappa shape index (κ2) is 8.18. The lowest BCUT2D eigenvalue weighted by atomic mass is 10.1. The summed E-state index contributed by atoms with van der Waals surface area (Å²) in [4.78, 5) is 24.2. The summed E-state index contributed by atoms with van der Waals surface area (Å²) in [5.74, 6) is -2.77. The predicted molar refractivity (Wildman–Crippen MR) is 85.6 cm³/mol. The number of carbonyl (C=O) groups is 2. The van der Waals surface area contributed by atoms with Gasteiger partial charge in [0.1, 0.15) is 21.9 Å². The van der Waals surface area contributed by atoms with Crippen LogP contribution in [0.2, 0.25) is 0 Å². The molecule has 2 amide bonds. The highest BCUT2D eigenvalue weighted by atomic mass is 32.2. The lowest BCUT2D eigenvalue weighted by molar-refractivity contribution is -0.137. The topological polar surface area (TPSA) is 116 Å². The number of sulfone groups is 1. The van der Waals surface area contributed by atoms with Crippen LogP contribution >= 0.6 is 0 Å². The van der Waals surface area contributed by atoms with E-state index < -0.39 is 51.2 Å². The Kier molecular flexibility index (Phi) is 6.74. The van der Waals surface area contributed by atoms with E-state index in [4.69, 9.17) is 5.26 Å². The maximum Gasteiger partial charge on any atom is 0.416 e. The molecule has 0 aliphatic heterocycles. The number of carbonyl (C=O) groups excluding carboxylic acids is 2. The second-order valence-corrected chi connectivity index (χ2v) is 7.74. The third-order valence-electron chi connectivity index (χ3n) is 3.10. The predicted octanol–water partition coefficient (Wildman–Crippen LogP) is 0.877. The molecule has 0 bridgehead atoms. The molecular formula is C15H16F3N3O4S. The molecule has 1 rings (SSSR count). The zero-order valence-corrected chi connectivity index (χ0v) is 14.6. The highest BCUT2D eigenvalue weighted by Gasteiger charge is 2.32. The van der Waals surface area contributed by atoms with Crippen LogP contribution in [0.1, 0.15) is 22.8 Å². The Balaban J connectivity index is 3.05. The molecule has 1 aromatic carbocycles. The number of alkyl halides is 3. The summed E-state index contributed by atoms with van der Waals surface area (Å²) in [5, 5.41) is 13.0. The zero-order chi connectivity index (χ0) is 20.1. The van der Waals surface area contributed by atoms with Crippen molar-refractivity contribution in [1.82, 2.24) is 10.6 Å². The molecule has 1 aromatic rings. The zero-order valence-electron chi connectivity index (χ0n) is 13.8. The van der Waals surface area contributed by atoms with E-state index in [2.05, 4.69) is 10.6 Å². The van der Waals surface area contributed by atoms with E-state index in [1.807, 2.05) is 0 Å². The van der Waals surface area contributed by atoms with Crippen LogP contribution in [0.15, 0.2) is 24.3 Å². The van der Waals surface area contributed by atoms with Gasteiger partial charge in [-0.25, -0.2) is 8.42 Å². The molecule has 26 heavy (non-hydrogen) atoms. The quantitative estimate of drug-likeness (QED) is 0.747. The van der Waals surface area contributed by atoms with Crippen LogP contribution in [-0.4, -0.2) is 44.3 Å². The Labute approximate surface area is 148 Å². The molecule has 2 atom stereocenters. The first-order valence-corrected chi connectivity index (χ1v) is 9.25. The van der Waals surface area contributed by atoms with Gasteiger partial charge in [-0.1, -0.05) is 6.07 Å². The lowest BCUT2D eigenvalue weighted by Crippen LogP contribution is -2.52. The first-order chi connectivity index (χ1) is 11.8. The number of nitrogens with zero attached hydrogens (tertiary/aromatic N) is 1. The maximum atomic E-state index is 12.7. The molecule has 0 fully saturated rings. The fraction of sp³-hybridized carbons (Fsp3) is 0.400. The maximum absolute atomic E-state index is 12.7. The minimum Gasteiger partial charge on any atom is -0.339 e. The average molecular weight is 391 g/mol. The number of halogens is 3. The largest absolute Gasteiger partial charge is 0.416 e. The van der Waals surface area contributed by atoms with E-state index in [9.17, 15) is 31.2 Å². The molecule has 0 heterocycles. The number of nitriles is 1. The summed E-state index contributed by atoms with van der Waals surface area (Å²) in [7, 11) is -3.71. The third-order valence-corrected chi connectivity index (χ3v) is 4.03. The van der Waals surface area contributed by atoms with Crippen LogP contribution in [0.25, 0.3) is 0 Å². The molecular weight excluding hydrogens is 375 g/mol. The van der Waals surface area contributed by atoms with Crippen LogP contribution < -0.4 is 10.6 Å². The van der Waals surface area contributed by atoms with Crippen molar-refractivity contribution in [2.24, 2.45) is 0 Å². The average Bonchev–Trinajstić information content (AvgIpc) is 2.52. The van der Waals surface area contributed by atoms with Gasteiger partial charge < -0.3 is 10.6 Å². The number of nitrogens with one attached hydrogen (secondary N) is 2. The molecule has 0 spiro atoms. The van der Waals surface area contributed by atoms with E-state index in [1.165, 1.54) is 6.92 Å². The first-order valence-electron chi connectivity index (χ1n) is 7.19. The van der Waals surface area contributed by atoms with Gasteiger partial charge in [0.05, 0.1) is 17.4 Å². The molecule has 2 unspecified atom stereocenters. The fourth-order valence-electron chi connectivity index (χ4n) is 1.91. The Morgan fingerprint density at radius 2 is 1.88 bits per heavy atom. The van der Waals surface area contributed by atoms with Crippen molar-refractivity contribution in [2.75, 3.05) is 12.0 Å². The van der Waals surface area contributed by atoms with Gasteiger partial charge in [0.25, 0.3) is 5.91 Å². The monoisotopic (exact) mass is 391 g/mol. The van der Waals surface area contributed by atoms with Crippen molar-refractivity contribution in [3.05, 3.63) is 35.4 Å². The van der Waals surface area contributed by atoms with Crippen molar-refractivity contribution in [3.8, 4) is 6.07 Å². The number of rotatable bonds is 6. The van der Waals surface area contributed by atoms with Gasteiger partial charge >= 0.3 is 6.18 Å². The third kappa shape index (κ3) is 6.72. The molecule has 0 aliphatic carbocycles. The van der Waals surface area contributed by atoms with Gasteiger partial charge in [-0.15, -0.1) is 0 Å². The van der Waals surface area contributed by atoms with E-state index in [1.54, 1.807) is 6.07 Å². The van der Waals surface area contributed by atoms with Gasteiger partial charge in [-0.2, -0.15) is 18.4 Å². The van der Waals surface area contributed by atoms with Crippen LogP contribution in [0.5, 0.6) is 0 Å². The summed E-state index contributed by atoms with van der Waals surface area (Å²) in [6, 6.07) is 2.65. The van der Waals surface area contributed by atoms with E-state index in [0.717, 1.165) is 24.5 Å². The van der Waals surface area contributed by atoms with Crippen molar-refractivity contribution < 1.29 is 31.2 Å². The molecule has 0 saturated carbocycles. The van der Waals surface area contributed by atoms with E-state index >= 15 is 0 Å². The summed E-state index contributed by atoms with van der Waals surface area (Å²) in [5.41, 5.74) is -1.45. The van der Waals surface area contributed by atoms with Gasteiger partial charge in [-0.05, 0) is 25.1 Å². The normalized spacial score (nSPS) is 14.0. The van der Waals surface area contributed by atoms with Gasteiger partial charge in [0, 0.05) is 11.8 Å². The standard InChI is InChI=1S/C15H16F3N3O4S/c1-9(7-19)20-14(23)12(8-26(2,24)25)21-13(22)10-4-3-5-11(6-10)15(16,17)18/h3-6,9,12H,8H2,1-2H3,(H,20,23)(H,21,22). The van der Waals surface area contributed by atoms with Crippen molar-refractivity contribution in [1.29, 1.82) is 5.26 Å². The summed E-state index contributed by atoms with van der Waals surface area (Å²) >= 11 is 0. The highest BCUT2D eigenvalue weighted by Crippen LogP contribution is 2.29. The van der Waals surface area contributed by atoms with E-state index in [0.29, 0.717) is 6.07 Å². The number of amides is 2. The minimum atomic E-state index is -4.66. The molecule has 142 valence electrons. The SMILES string of the molecule is CC(C#N)NC(=O)C(CS(C)(=O)=O)NC(=O)c1cccc(C(F)(F)F)c1. The first kappa shape index (κ1) is 21.4. The number of benzene rings is 1. The molecule has 0 aromatic heterocycles. The van der Waals surface area contributed by atoms with Crippen LogP contribution in [0.4, 0.5) is 13.2 Å². The van der Waals surface area contributed by atoms with Crippen molar-refractivity contribution in [2.45, 2.75) is 25.2 Å². The smallest absolute Gasteiger partial charge is 0.339 e. The molecule has 0 aliphatic rings. The Morgan fingerprint density at radius 3 is 2.38 bits per heavy atom. The van der Waals surface area contributed by atoms with Crippen molar-refractivity contribution >= 4 is 21.7 Å². The van der Waals surface area contributed by atoms with Crippen LogP contribution in [-0.2, 0) is 20.8 Å². The Hall–Kier alpha value is -2.61. The molecule has 2 N–H and O–H groups in total. The molecule has 7 nitrogen and oxygen atoms in total. The minimum absolute atomic E-state index is 0.389. The summed E-state index contributed by atoms with van der Waals surface area (Å²) in [6.07, 6.45) is -3.83. The highest BCUT2D eigenvalue weighted by molar-refractivity contribution is 7.90.